The van der Waals surface area contributed by atoms with Crippen LogP contribution in [0.15, 0.2) is 24.3 Å². The maximum atomic E-state index is 12.1. The molecule has 0 saturated heterocycles. The summed E-state index contributed by atoms with van der Waals surface area (Å²) in [6.07, 6.45) is 5.00. The molecule has 3 nitrogen and oxygen atoms in total. The Kier molecular flexibility index (Phi) is 7.19. The molecule has 0 bridgehead atoms. The van der Waals surface area contributed by atoms with Crippen LogP contribution in [0.2, 0.25) is 0 Å². The highest BCUT2D eigenvalue weighted by molar-refractivity contribution is 5.92. The van der Waals surface area contributed by atoms with Gasteiger partial charge in [-0.25, -0.2) is 0 Å². The molecule has 3 heteroatoms. The number of carbonyl (C=O) groups excluding carboxylic acids is 1. The van der Waals surface area contributed by atoms with Gasteiger partial charge in [-0.2, -0.15) is 0 Å². The number of amides is 1. The first-order valence-electron chi connectivity index (χ1n) is 7.31. The van der Waals surface area contributed by atoms with Gasteiger partial charge in [0, 0.05) is 11.6 Å². The highest BCUT2D eigenvalue weighted by Gasteiger charge is 2.15. The van der Waals surface area contributed by atoms with Crippen LogP contribution in [-0.2, 0) is 11.2 Å². The fraction of sp³-hybridized carbons (Fsp3) is 0.562. The van der Waals surface area contributed by atoms with E-state index in [0.717, 1.165) is 37.8 Å². The van der Waals surface area contributed by atoms with Crippen molar-refractivity contribution in [3.05, 3.63) is 29.8 Å². The SMILES string of the molecule is CCCCC(CC)C(=O)Nc1ccc(CCN)cc1. The summed E-state index contributed by atoms with van der Waals surface area (Å²) in [6.45, 7) is 4.88. The van der Waals surface area contributed by atoms with E-state index >= 15 is 0 Å². The molecule has 19 heavy (non-hydrogen) atoms. The second-order valence-corrected chi connectivity index (χ2v) is 4.97. The van der Waals surface area contributed by atoms with E-state index in [9.17, 15) is 4.79 Å². The van der Waals surface area contributed by atoms with Crippen LogP contribution in [0, 0.1) is 5.92 Å². The summed E-state index contributed by atoms with van der Waals surface area (Å²) in [7, 11) is 0. The van der Waals surface area contributed by atoms with Crippen molar-refractivity contribution < 1.29 is 4.79 Å². The van der Waals surface area contributed by atoms with Crippen molar-refractivity contribution in [3.63, 3.8) is 0 Å². The van der Waals surface area contributed by atoms with E-state index in [-0.39, 0.29) is 11.8 Å². The Balaban J connectivity index is 2.54. The number of hydrogen-bond acceptors (Lipinski definition) is 2. The van der Waals surface area contributed by atoms with Gasteiger partial charge in [0.1, 0.15) is 0 Å². The molecule has 0 spiro atoms. The first kappa shape index (κ1) is 15.7. The Labute approximate surface area is 116 Å². The zero-order valence-corrected chi connectivity index (χ0v) is 12.1. The lowest BCUT2D eigenvalue weighted by Gasteiger charge is -2.14. The topological polar surface area (TPSA) is 55.1 Å². The van der Waals surface area contributed by atoms with E-state index < -0.39 is 0 Å². The molecule has 0 radical (unpaired) electrons. The number of unbranched alkanes of at least 4 members (excludes halogenated alkanes) is 1. The van der Waals surface area contributed by atoms with E-state index in [0.29, 0.717) is 6.54 Å². The lowest BCUT2D eigenvalue weighted by atomic mass is 9.98. The number of anilines is 1. The van der Waals surface area contributed by atoms with E-state index in [4.69, 9.17) is 5.73 Å². The average Bonchev–Trinajstić information content (AvgIpc) is 2.42. The van der Waals surface area contributed by atoms with Gasteiger partial charge in [-0.1, -0.05) is 38.8 Å². The minimum atomic E-state index is 0.128. The van der Waals surface area contributed by atoms with Crippen LogP contribution in [0.1, 0.15) is 45.1 Å². The predicted octanol–water partition coefficient (Wildman–Crippen LogP) is 3.34. The Morgan fingerprint density at radius 1 is 1.26 bits per heavy atom. The van der Waals surface area contributed by atoms with Crippen LogP contribution >= 0.6 is 0 Å². The van der Waals surface area contributed by atoms with Gasteiger partial charge in [0.05, 0.1) is 0 Å². The molecule has 3 N–H and O–H groups in total. The summed E-state index contributed by atoms with van der Waals surface area (Å²) in [6, 6.07) is 7.95. The van der Waals surface area contributed by atoms with Gasteiger partial charge in [0.2, 0.25) is 5.91 Å². The van der Waals surface area contributed by atoms with Crippen LogP contribution in [0.5, 0.6) is 0 Å². The summed E-state index contributed by atoms with van der Waals surface area (Å²) < 4.78 is 0. The molecular weight excluding hydrogens is 236 g/mol. The maximum absolute atomic E-state index is 12.1. The molecule has 106 valence electrons. The zero-order valence-electron chi connectivity index (χ0n) is 12.1. The Hall–Kier alpha value is -1.35. The van der Waals surface area contributed by atoms with Gasteiger partial charge in [0.25, 0.3) is 0 Å². The summed E-state index contributed by atoms with van der Waals surface area (Å²) in [5.74, 6) is 0.270. The first-order valence-corrected chi connectivity index (χ1v) is 7.31. The molecule has 1 rings (SSSR count). The van der Waals surface area contributed by atoms with Crippen molar-refractivity contribution in [3.8, 4) is 0 Å². The molecule has 0 aliphatic rings. The Bertz CT molecular complexity index is 373. The van der Waals surface area contributed by atoms with E-state index in [1.54, 1.807) is 0 Å². The maximum Gasteiger partial charge on any atom is 0.227 e. The standard InChI is InChI=1S/C16H26N2O/c1-3-5-6-14(4-2)16(19)18-15-9-7-13(8-10-15)11-12-17/h7-10,14H,3-6,11-12,17H2,1-2H3,(H,18,19). The molecule has 1 aromatic rings. The van der Waals surface area contributed by atoms with Crippen molar-refractivity contribution in [2.24, 2.45) is 11.7 Å². The number of hydrogen-bond donors (Lipinski definition) is 2. The van der Waals surface area contributed by atoms with Crippen LogP contribution in [-0.4, -0.2) is 12.5 Å². The molecule has 0 saturated carbocycles. The van der Waals surface area contributed by atoms with Crippen molar-refractivity contribution in [1.29, 1.82) is 0 Å². The van der Waals surface area contributed by atoms with Crippen molar-refractivity contribution in [1.82, 2.24) is 0 Å². The third-order valence-corrected chi connectivity index (χ3v) is 3.42. The first-order chi connectivity index (χ1) is 9.21. The summed E-state index contributed by atoms with van der Waals surface area (Å²) in [5.41, 5.74) is 7.60. The zero-order chi connectivity index (χ0) is 14.1. The normalized spacial score (nSPS) is 12.2. The quantitative estimate of drug-likeness (QED) is 0.755. The van der Waals surface area contributed by atoms with Gasteiger partial charge in [0.15, 0.2) is 0 Å². The lowest BCUT2D eigenvalue weighted by Crippen LogP contribution is -2.22. The second-order valence-electron chi connectivity index (χ2n) is 4.97. The van der Waals surface area contributed by atoms with Gasteiger partial charge < -0.3 is 11.1 Å². The molecule has 1 aromatic carbocycles. The molecule has 0 fully saturated rings. The molecule has 0 aliphatic heterocycles. The number of nitrogens with two attached hydrogens (primary N) is 1. The van der Waals surface area contributed by atoms with Gasteiger partial charge >= 0.3 is 0 Å². The van der Waals surface area contributed by atoms with E-state index in [2.05, 4.69) is 19.2 Å². The van der Waals surface area contributed by atoms with Gasteiger partial charge in [-0.05, 0) is 43.5 Å². The van der Waals surface area contributed by atoms with E-state index in [1.165, 1.54) is 5.56 Å². The minimum Gasteiger partial charge on any atom is -0.330 e. The highest BCUT2D eigenvalue weighted by atomic mass is 16.1. The van der Waals surface area contributed by atoms with Gasteiger partial charge in [-0.15, -0.1) is 0 Å². The summed E-state index contributed by atoms with van der Waals surface area (Å²) in [4.78, 5) is 12.1. The fourth-order valence-corrected chi connectivity index (χ4v) is 2.14. The Morgan fingerprint density at radius 3 is 2.47 bits per heavy atom. The predicted molar refractivity (Wildman–Crippen MR) is 81.1 cm³/mol. The second kappa shape index (κ2) is 8.70. The lowest BCUT2D eigenvalue weighted by molar-refractivity contribution is -0.120. The molecule has 1 unspecified atom stereocenters. The number of rotatable bonds is 8. The minimum absolute atomic E-state index is 0.128. The number of nitrogens with one attached hydrogen (secondary N) is 1. The van der Waals surface area contributed by atoms with Crippen molar-refractivity contribution in [2.75, 3.05) is 11.9 Å². The third-order valence-electron chi connectivity index (χ3n) is 3.42. The molecule has 1 atom stereocenters. The fourth-order valence-electron chi connectivity index (χ4n) is 2.14. The van der Waals surface area contributed by atoms with Crippen molar-refractivity contribution >= 4 is 11.6 Å². The van der Waals surface area contributed by atoms with Crippen LogP contribution < -0.4 is 11.1 Å². The van der Waals surface area contributed by atoms with Crippen LogP contribution in [0.25, 0.3) is 0 Å². The van der Waals surface area contributed by atoms with E-state index in [1.807, 2.05) is 24.3 Å². The molecule has 0 aromatic heterocycles. The molecular formula is C16H26N2O. The molecule has 0 heterocycles. The monoisotopic (exact) mass is 262 g/mol. The third kappa shape index (κ3) is 5.43. The summed E-state index contributed by atoms with van der Waals surface area (Å²) in [5, 5.41) is 3.00. The largest absolute Gasteiger partial charge is 0.330 e. The highest BCUT2D eigenvalue weighted by Crippen LogP contribution is 2.16. The number of carbonyl (C=O) groups is 1. The Morgan fingerprint density at radius 2 is 1.95 bits per heavy atom. The molecule has 0 aliphatic carbocycles. The summed E-state index contributed by atoms with van der Waals surface area (Å²) >= 11 is 0. The van der Waals surface area contributed by atoms with Crippen LogP contribution in [0.3, 0.4) is 0 Å². The van der Waals surface area contributed by atoms with Crippen molar-refractivity contribution in [2.45, 2.75) is 46.0 Å². The van der Waals surface area contributed by atoms with Gasteiger partial charge in [-0.3, -0.25) is 4.79 Å². The van der Waals surface area contributed by atoms with Crippen LogP contribution in [0.4, 0.5) is 5.69 Å². The average molecular weight is 262 g/mol. The smallest absolute Gasteiger partial charge is 0.227 e. The molecule has 1 amide bonds. The number of benzene rings is 1.